The molecular formula is C12H22N2O4. The molecule has 0 fully saturated rings. The van der Waals surface area contributed by atoms with E-state index in [9.17, 15) is 9.59 Å². The maximum atomic E-state index is 11.3. The zero-order valence-electron chi connectivity index (χ0n) is 11.2. The third-order valence-electron chi connectivity index (χ3n) is 2.15. The average molecular weight is 258 g/mol. The maximum Gasteiger partial charge on any atom is 0.356 e. The number of rotatable bonds is 8. The van der Waals surface area contributed by atoms with Crippen LogP contribution in [0.5, 0.6) is 0 Å². The van der Waals surface area contributed by atoms with E-state index in [1.54, 1.807) is 6.92 Å². The first-order chi connectivity index (χ1) is 8.51. The highest BCUT2D eigenvalue weighted by Crippen LogP contribution is 2.03. The van der Waals surface area contributed by atoms with Crippen molar-refractivity contribution in [2.45, 2.75) is 52.5 Å². The van der Waals surface area contributed by atoms with Crippen LogP contribution in [0.25, 0.3) is 0 Å². The first-order valence-electron chi connectivity index (χ1n) is 6.18. The second kappa shape index (κ2) is 9.44. The van der Waals surface area contributed by atoms with Gasteiger partial charge in [0.15, 0.2) is 5.71 Å². The van der Waals surface area contributed by atoms with Gasteiger partial charge in [-0.25, -0.2) is 4.79 Å². The molecule has 0 spiro atoms. The molecule has 0 aliphatic rings. The van der Waals surface area contributed by atoms with Crippen molar-refractivity contribution in [1.29, 1.82) is 0 Å². The van der Waals surface area contributed by atoms with Crippen molar-refractivity contribution in [3.63, 3.8) is 0 Å². The van der Waals surface area contributed by atoms with Crippen molar-refractivity contribution in [2.75, 3.05) is 6.61 Å². The zero-order chi connectivity index (χ0) is 14.0. The number of ether oxygens (including phenoxy) is 1. The molecule has 0 heterocycles. The van der Waals surface area contributed by atoms with E-state index in [2.05, 4.69) is 10.5 Å². The van der Waals surface area contributed by atoms with Crippen molar-refractivity contribution in [1.82, 2.24) is 5.32 Å². The smallest absolute Gasteiger partial charge is 0.356 e. The van der Waals surface area contributed by atoms with Crippen molar-refractivity contribution < 1.29 is 19.5 Å². The van der Waals surface area contributed by atoms with Crippen LogP contribution < -0.4 is 5.32 Å². The Bertz CT molecular complexity index is 300. The van der Waals surface area contributed by atoms with Crippen LogP contribution in [0.3, 0.4) is 0 Å². The SMILES string of the molecule is CCOC(=O)C(CCCCC(=O)NC(C)C)=NO. The van der Waals surface area contributed by atoms with Crippen LogP contribution in [0, 0.1) is 0 Å². The lowest BCUT2D eigenvalue weighted by Gasteiger charge is -2.08. The van der Waals surface area contributed by atoms with E-state index in [1.807, 2.05) is 13.8 Å². The molecule has 104 valence electrons. The lowest BCUT2D eigenvalue weighted by molar-refractivity contribution is -0.135. The second-order valence-corrected chi connectivity index (χ2v) is 4.20. The molecule has 0 unspecified atom stereocenters. The van der Waals surface area contributed by atoms with Gasteiger partial charge in [0.2, 0.25) is 5.91 Å². The summed E-state index contributed by atoms with van der Waals surface area (Å²) >= 11 is 0. The summed E-state index contributed by atoms with van der Waals surface area (Å²) in [5.74, 6) is -0.616. The Balaban J connectivity index is 3.82. The predicted octanol–water partition coefficient (Wildman–Crippen LogP) is 1.46. The number of hydrogen-bond donors (Lipinski definition) is 2. The summed E-state index contributed by atoms with van der Waals surface area (Å²) in [6.45, 7) is 5.72. The maximum absolute atomic E-state index is 11.3. The molecule has 0 saturated carbocycles. The van der Waals surface area contributed by atoms with Crippen LogP contribution in [0.4, 0.5) is 0 Å². The molecule has 0 bridgehead atoms. The highest BCUT2D eigenvalue weighted by atomic mass is 16.5. The molecule has 0 rings (SSSR count). The Kier molecular flexibility index (Phi) is 8.61. The van der Waals surface area contributed by atoms with Gasteiger partial charge in [-0.1, -0.05) is 5.16 Å². The third kappa shape index (κ3) is 7.65. The number of hydrogen-bond acceptors (Lipinski definition) is 5. The highest BCUT2D eigenvalue weighted by Gasteiger charge is 2.13. The van der Waals surface area contributed by atoms with E-state index in [1.165, 1.54) is 0 Å². The Labute approximate surface area is 107 Å². The molecular weight excluding hydrogens is 236 g/mol. The lowest BCUT2D eigenvalue weighted by atomic mass is 10.1. The van der Waals surface area contributed by atoms with E-state index in [4.69, 9.17) is 9.94 Å². The quantitative estimate of drug-likeness (QED) is 0.227. The van der Waals surface area contributed by atoms with Crippen molar-refractivity contribution >= 4 is 17.6 Å². The standard InChI is InChI=1S/C12H22N2O4/c1-4-18-12(16)10(14-17)7-5-6-8-11(15)13-9(2)3/h9,17H,4-8H2,1-3H3,(H,13,15). The number of nitrogens with zero attached hydrogens (tertiary/aromatic N) is 1. The average Bonchev–Trinajstić information content (AvgIpc) is 2.28. The number of nitrogens with one attached hydrogen (secondary N) is 1. The fraction of sp³-hybridized carbons (Fsp3) is 0.750. The summed E-state index contributed by atoms with van der Waals surface area (Å²) in [5.41, 5.74) is 0.00103. The molecule has 6 nitrogen and oxygen atoms in total. The minimum atomic E-state index is -0.605. The van der Waals surface area contributed by atoms with Crippen LogP contribution in [-0.2, 0) is 14.3 Å². The van der Waals surface area contributed by atoms with Gasteiger partial charge < -0.3 is 15.3 Å². The molecule has 0 aromatic heterocycles. The van der Waals surface area contributed by atoms with Crippen LogP contribution >= 0.6 is 0 Å². The van der Waals surface area contributed by atoms with Gasteiger partial charge in [-0.2, -0.15) is 0 Å². The number of amides is 1. The summed E-state index contributed by atoms with van der Waals surface area (Å²) in [5, 5.41) is 14.3. The Morgan fingerprint density at radius 2 is 1.89 bits per heavy atom. The van der Waals surface area contributed by atoms with Crippen LogP contribution in [0.1, 0.15) is 46.5 Å². The van der Waals surface area contributed by atoms with Gasteiger partial charge in [0.1, 0.15) is 0 Å². The molecule has 0 radical (unpaired) electrons. The number of carbonyl (C=O) groups is 2. The summed E-state index contributed by atoms with van der Waals surface area (Å²) in [7, 11) is 0. The molecule has 0 aromatic rings. The Morgan fingerprint density at radius 3 is 2.39 bits per heavy atom. The molecule has 6 heteroatoms. The van der Waals surface area contributed by atoms with Crippen molar-refractivity contribution in [3.05, 3.63) is 0 Å². The predicted molar refractivity (Wildman–Crippen MR) is 67.6 cm³/mol. The van der Waals surface area contributed by atoms with E-state index in [-0.39, 0.29) is 24.3 Å². The topological polar surface area (TPSA) is 88.0 Å². The van der Waals surface area contributed by atoms with Gasteiger partial charge >= 0.3 is 5.97 Å². The fourth-order valence-electron chi connectivity index (χ4n) is 1.38. The number of esters is 1. The molecule has 2 N–H and O–H groups in total. The van der Waals surface area contributed by atoms with E-state index in [0.29, 0.717) is 25.7 Å². The van der Waals surface area contributed by atoms with Crippen molar-refractivity contribution in [2.24, 2.45) is 5.16 Å². The van der Waals surface area contributed by atoms with E-state index in [0.717, 1.165) is 0 Å². The molecule has 0 saturated heterocycles. The minimum absolute atomic E-state index is 0.00103. The first kappa shape index (κ1) is 16.4. The van der Waals surface area contributed by atoms with Gasteiger partial charge in [0.05, 0.1) is 6.61 Å². The van der Waals surface area contributed by atoms with Gasteiger partial charge in [-0.15, -0.1) is 0 Å². The van der Waals surface area contributed by atoms with Crippen LogP contribution in [-0.4, -0.2) is 35.4 Å². The number of carbonyl (C=O) groups excluding carboxylic acids is 2. The highest BCUT2D eigenvalue weighted by molar-refractivity contribution is 6.36. The largest absolute Gasteiger partial charge is 0.461 e. The molecule has 0 aliphatic carbocycles. The van der Waals surface area contributed by atoms with Crippen LogP contribution in [0.15, 0.2) is 5.16 Å². The normalized spacial score (nSPS) is 11.4. The van der Waals surface area contributed by atoms with Crippen LogP contribution in [0.2, 0.25) is 0 Å². The lowest BCUT2D eigenvalue weighted by Crippen LogP contribution is -2.29. The third-order valence-corrected chi connectivity index (χ3v) is 2.15. The summed E-state index contributed by atoms with van der Waals surface area (Å²) in [6, 6.07) is 0.131. The second-order valence-electron chi connectivity index (χ2n) is 4.20. The summed E-state index contributed by atoms with van der Waals surface area (Å²) < 4.78 is 4.72. The fourth-order valence-corrected chi connectivity index (χ4v) is 1.38. The van der Waals surface area contributed by atoms with Gasteiger partial charge in [-0.05, 0) is 33.6 Å². The molecule has 0 aromatic carbocycles. The first-order valence-corrected chi connectivity index (χ1v) is 6.18. The van der Waals surface area contributed by atoms with Crippen molar-refractivity contribution in [3.8, 4) is 0 Å². The number of unbranched alkanes of at least 4 members (excludes halogenated alkanes) is 1. The molecule has 1 amide bonds. The summed E-state index contributed by atoms with van der Waals surface area (Å²) in [6.07, 6.45) is 1.95. The van der Waals surface area contributed by atoms with E-state index >= 15 is 0 Å². The zero-order valence-corrected chi connectivity index (χ0v) is 11.2. The number of oxime groups is 1. The van der Waals surface area contributed by atoms with Gasteiger partial charge in [-0.3, -0.25) is 4.79 Å². The molecule has 0 atom stereocenters. The van der Waals surface area contributed by atoms with E-state index < -0.39 is 5.97 Å². The minimum Gasteiger partial charge on any atom is -0.461 e. The molecule has 18 heavy (non-hydrogen) atoms. The Hall–Kier alpha value is -1.59. The summed E-state index contributed by atoms with van der Waals surface area (Å²) in [4.78, 5) is 22.6. The monoisotopic (exact) mass is 258 g/mol. The molecule has 0 aliphatic heterocycles. The van der Waals surface area contributed by atoms with Gasteiger partial charge in [0, 0.05) is 18.9 Å². The van der Waals surface area contributed by atoms with Gasteiger partial charge in [0.25, 0.3) is 0 Å². The Morgan fingerprint density at radius 1 is 1.28 bits per heavy atom.